The number of hydrogen-bond acceptors (Lipinski definition) is 6. The Morgan fingerprint density at radius 2 is 1.66 bits per heavy atom. The standard InChI is InChI=1S/C29H37NO5/c1-19(2)25-23(28-32-17-29(5,6)18-33-28)15-24(30(25)34-16-22-13-8-7-9-14-22)27(31)35-26-20(3)11-10-12-21(26)4/h7-14,19,24-25H,15-18H2,1-6H3/t24-,25-/m1/s1. The van der Waals surface area contributed by atoms with Gasteiger partial charge in [-0.25, -0.2) is 4.79 Å². The fraction of sp³-hybridized carbons (Fsp3) is 0.483. The minimum atomic E-state index is -0.616. The molecule has 0 unspecified atom stereocenters. The molecule has 0 bridgehead atoms. The molecular formula is C29H37NO5. The number of rotatable bonds is 6. The molecule has 2 heterocycles. The fourth-order valence-corrected chi connectivity index (χ4v) is 4.67. The van der Waals surface area contributed by atoms with Crippen molar-refractivity contribution in [1.29, 1.82) is 0 Å². The Morgan fingerprint density at radius 1 is 1.03 bits per heavy atom. The highest BCUT2D eigenvalue weighted by atomic mass is 16.7. The number of benzene rings is 2. The lowest BCUT2D eigenvalue weighted by atomic mass is 9.94. The summed E-state index contributed by atoms with van der Waals surface area (Å²) in [7, 11) is 0. The van der Waals surface area contributed by atoms with Crippen molar-refractivity contribution in [2.75, 3.05) is 13.2 Å². The molecule has 0 radical (unpaired) electrons. The molecule has 6 heteroatoms. The van der Waals surface area contributed by atoms with Crippen LogP contribution >= 0.6 is 0 Å². The van der Waals surface area contributed by atoms with Crippen LogP contribution in [0, 0.1) is 25.2 Å². The lowest BCUT2D eigenvalue weighted by Crippen LogP contribution is -2.44. The largest absolute Gasteiger partial charge is 0.465 e. The summed E-state index contributed by atoms with van der Waals surface area (Å²) in [5, 5.41) is 1.81. The summed E-state index contributed by atoms with van der Waals surface area (Å²) >= 11 is 0. The molecule has 0 amide bonds. The first-order chi connectivity index (χ1) is 16.7. The van der Waals surface area contributed by atoms with Crippen LogP contribution in [0.2, 0.25) is 0 Å². The van der Waals surface area contributed by atoms with Crippen LogP contribution in [-0.4, -0.2) is 36.3 Å². The number of aryl methyl sites for hydroxylation is 2. The molecule has 6 nitrogen and oxygen atoms in total. The number of carbonyl (C=O) groups excluding carboxylic acids is 1. The number of para-hydroxylation sites is 1. The Labute approximate surface area is 208 Å². The minimum Gasteiger partial charge on any atom is -0.465 e. The van der Waals surface area contributed by atoms with Crippen molar-refractivity contribution in [1.82, 2.24) is 5.06 Å². The van der Waals surface area contributed by atoms with E-state index >= 15 is 0 Å². The smallest absolute Gasteiger partial charge is 0.331 e. The Balaban J connectivity index is 1.65. The predicted octanol–water partition coefficient (Wildman–Crippen LogP) is 5.72. The number of carbonyl (C=O) groups is 1. The lowest BCUT2D eigenvalue weighted by Gasteiger charge is -2.34. The topological polar surface area (TPSA) is 57.2 Å². The van der Waals surface area contributed by atoms with Crippen molar-refractivity contribution in [2.45, 2.75) is 66.7 Å². The van der Waals surface area contributed by atoms with Crippen molar-refractivity contribution in [3.8, 4) is 5.75 Å². The van der Waals surface area contributed by atoms with E-state index in [1.54, 1.807) is 0 Å². The van der Waals surface area contributed by atoms with Crippen LogP contribution in [0.3, 0.4) is 0 Å². The molecule has 2 aliphatic heterocycles. The molecule has 0 spiro atoms. The van der Waals surface area contributed by atoms with Gasteiger partial charge in [0.15, 0.2) is 0 Å². The number of ether oxygens (including phenoxy) is 3. The Morgan fingerprint density at radius 3 is 2.26 bits per heavy atom. The fourth-order valence-electron chi connectivity index (χ4n) is 4.67. The van der Waals surface area contributed by atoms with Crippen molar-refractivity contribution < 1.29 is 23.8 Å². The van der Waals surface area contributed by atoms with Gasteiger partial charge in [-0.2, -0.15) is 5.06 Å². The quantitative estimate of drug-likeness (QED) is 0.390. The van der Waals surface area contributed by atoms with Crippen LogP contribution in [0.4, 0.5) is 0 Å². The van der Waals surface area contributed by atoms with Crippen LogP contribution < -0.4 is 4.74 Å². The molecule has 4 rings (SSSR count). The number of nitrogens with zero attached hydrogens (tertiary/aromatic N) is 1. The van der Waals surface area contributed by atoms with E-state index in [2.05, 4.69) is 27.7 Å². The first kappa shape index (κ1) is 25.3. The average Bonchev–Trinajstić information content (AvgIpc) is 3.20. The molecule has 2 fully saturated rings. The first-order valence-electron chi connectivity index (χ1n) is 12.4. The summed E-state index contributed by atoms with van der Waals surface area (Å²) in [4.78, 5) is 19.9. The van der Waals surface area contributed by atoms with Gasteiger partial charge in [0.2, 0.25) is 0 Å². The molecule has 2 saturated heterocycles. The molecule has 2 aromatic rings. The SMILES string of the molecule is Cc1cccc(C)c1OC(=O)[C@H]1CC(=C2OCC(C)(C)CO2)[C@@H](C(C)C)N1OCc1ccccc1. The highest BCUT2D eigenvalue weighted by molar-refractivity contribution is 5.80. The van der Waals surface area contributed by atoms with Gasteiger partial charge in [0, 0.05) is 17.4 Å². The van der Waals surface area contributed by atoms with Gasteiger partial charge in [-0.1, -0.05) is 76.2 Å². The second kappa shape index (κ2) is 10.4. The molecule has 35 heavy (non-hydrogen) atoms. The van der Waals surface area contributed by atoms with Crippen LogP contribution in [-0.2, 0) is 25.7 Å². The maximum atomic E-state index is 13.6. The number of hydroxylamine groups is 2. The van der Waals surface area contributed by atoms with Gasteiger partial charge in [0.05, 0.1) is 25.9 Å². The molecule has 188 valence electrons. The number of hydrogen-bond donors (Lipinski definition) is 0. The lowest BCUT2D eigenvalue weighted by molar-refractivity contribution is -0.212. The third-order valence-electron chi connectivity index (χ3n) is 6.54. The Bertz CT molecular complexity index is 1040. The van der Waals surface area contributed by atoms with Gasteiger partial charge in [-0.3, -0.25) is 4.84 Å². The normalized spacial score (nSPS) is 22.1. The van der Waals surface area contributed by atoms with E-state index < -0.39 is 6.04 Å². The summed E-state index contributed by atoms with van der Waals surface area (Å²) in [6.45, 7) is 13.9. The third kappa shape index (κ3) is 5.71. The van der Waals surface area contributed by atoms with E-state index in [0.29, 0.717) is 37.9 Å². The zero-order valence-electron chi connectivity index (χ0n) is 21.7. The zero-order chi connectivity index (χ0) is 25.2. The molecule has 2 atom stereocenters. The van der Waals surface area contributed by atoms with Crippen molar-refractivity contribution in [2.24, 2.45) is 11.3 Å². The minimum absolute atomic E-state index is 0.0554. The summed E-state index contributed by atoms with van der Waals surface area (Å²) in [5.74, 6) is 0.953. The third-order valence-corrected chi connectivity index (χ3v) is 6.54. The summed E-state index contributed by atoms with van der Waals surface area (Å²) in [6, 6.07) is 15.0. The second-order valence-corrected chi connectivity index (χ2v) is 10.7. The molecule has 0 saturated carbocycles. The summed E-state index contributed by atoms with van der Waals surface area (Å²) < 4.78 is 18.1. The zero-order valence-corrected chi connectivity index (χ0v) is 21.7. The predicted molar refractivity (Wildman–Crippen MR) is 134 cm³/mol. The maximum Gasteiger partial charge on any atom is 0.331 e. The van der Waals surface area contributed by atoms with E-state index in [1.807, 2.05) is 67.4 Å². The van der Waals surface area contributed by atoms with Crippen molar-refractivity contribution >= 4 is 5.97 Å². The summed E-state index contributed by atoms with van der Waals surface area (Å²) in [6.07, 6.45) is 0.428. The van der Waals surface area contributed by atoms with Crippen LogP contribution in [0.15, 0.2) is 60.0 Å². The molecule has 0 N–H and O–H groups in total. The molecular weight excluding hydrogens is 442 g/mol. The van der Waals surface area contributed by atoms with Crippen LogP contribution in [0.1, 0.15) is 50.8 Å². The highest BCUT2D eigenvalue weighted by Crippen LogP contribution is 2.40. The molecule has 0 aliphatic carbocycles. The van der Waals surface area contributed by atoms with Crippen LogP contribution in [0.25, 0.3) is 0 Å². The Hall–Kier alpha value is -2.83. The van der Waals surface area contributed by atoms with E-state index in [1.165, 1.54) is 0 Å². The van der Waals surface area contributed by atoms with Crippen molar-refractivity contribution in [3.63, 3.8) is 0 Å². The van der Waals surface area contributed by atoms with Gasteiger partial charge in [0.25, 0.3) is 5.95 Å². The van der Waals surface area contributed by atoms with Crippen LogP contribution in [0.5, 0.6) is 5.75 Å². The van der Waals surface area contributed by atoms with E-state index in [-0.39, 0.29) is 23.3 Å². The molecule has 2 aliphatic rings. The Kier molecular flexibility index (Phi) is 7.53. The van der Waals surface area contributed by atoms with E-state index in [0.717, 1.165) is 22.3 Å². The van der Waals surface area contributed by atoms with E-state index in [9.17, 15) is 4.79 Å². The highest BCUT2D eigenvalue weighted by Gasteiger charge is 2.48. The van der Waals surface area contributed by atoms with Gasteiger partial charge in [0.1, 0.15) is 11.8 Å². The maximum absolute atomic E-state index is 13.6. The average molecular weight is 480 g/mol. The first-order valence-corrected chi connectivity index (χ1v) is 12.4. The summed E-state index contributed by atoms with van der Waals surface area (Å²) in [5.41, 5.74) is 3.78. The molecule has 2 aromatic carbocycles. The molecule has 0 aromatic heterocycles. The van der Waals surface area contributed by atoms with Gasteiger partial charge < -0.3 is 14.2 Å². The van der Waals surface area contributed by atoms with Gasteiger partial charge >= 0.3 is 5.97 Å². The monoisotopic (exact) mass is 479 g/mol. The number of esters is 1. The van der Waals surface area contributed by atoms with Gasteiger partial charge in [-0.05, 0) is 36.5 Å². The van der Waals surface area contributed by atoms with Gasteiger partial charge in [-0.15, -0.1) is 0 Å². The van der Waals surface area contributed by atoms with Crippen molar-refractivity contribution in [3.05, 3.63) is 76.7 Å². The van der Waals surface area contributed by atoms with E-state index in [4.69, 9.17) is 19.0 Å². The second-order valence-electron chi connectivity index (χ2n) is 10.7.